The van der Waals surface area contributed by atoms with Gasteiger partial charge >= 0.3 is 0 Å². The summed E-state index contributed by atoms with van der Waals surface area (Å²) in [4.78, 5) is 11.4. The molecule has 15 heavy (non-hydrogen) atoms. The molecule has 1 aromatic heterocycles. The van der Waals surface area contributed by atoms with Crippen LogP contribution in [-0.4, -0.2) is 26.6 Å². The second-order valence-corrected chi connectivity index (χ2v) is 5.83. The molecule has 0 aliphatic heterocycles. The Labute approximate surface area is 98.2 Å². The molecule has 0 bridgehead atoms. The molecule has 0 unspecified atom stereocenters. The van der Waals surface area contributed by atoms with Crippen LogP contribution in [0.4, 0.5) is 0 Å². The Kier molecular flexibility index (Phi) is 4.32. The van der Waals surface area contributed by atoms with Gasteiger partial charge in [0.2, 0.25) is 5.91 Å². The standard InChI is InChI=1S/C10H16BrN3O/c1-10(2,11)9(15)12-5-3-7-14-8-4-6-13-14/h4,6,8H,3,5,7H2,1-2H3,(H,12,15). The van der Waals surface area contributed by atoms with Gasteiger partial charge in [0.1, 0.15) is 0 Å². The van der Waals surface area contributed by atoms with Gasteiger partial charge in [0.05, 0.1) is 4.32 Å². The zero-order valence-electron chi connectivity index (χ0n) is 9.03. The molecule has 1 amide bonds. The van der Waals surface area contributed by atoms with Crippen molar-refractivity contribution in [2.45, 2.75) is 31.1 Å². The number of nitrogens with zero attached hydrogens (tertiary/aromatic N) is 2. The number of carbonyl (C=O) groups excluding carboxylic acids is 1. The first kappa shape index (κ1) is 12.2. The van der Waals surface area contributed by atoms with E-state index < -0.39 is 4.32 Å². The molecule has 0 spiro atoms. The first-order valence-corrected chi connectivity index (χ1v) is 5.74. The largest absolute Gasteiger partial charge is 0.355 e. The van der Waals surface area contributed by atoms with E-state index in [1.807, 2.05) is 30.8 Å². The molecular weight excluding hydrogens is 258 g/mol. The van der Waals surface area contributed by atoms with Gasteiger partial charge in [0.15, 0.2) is 0 Å². The Balaban J connectivity index is 2.15. The highest BCUT2D eigenvalue weighted by Crippen LogP contribution is 2.14. The Morgan fingerprint density at radius 3 is 2.87 bits per heavy atom. The van der Waals surface area contributed by atoms with Crippen LogP contribution in [0.3, 0.4) is 0 Å². The van der Waals surface area contributed by atoms with Crippen molar-refractivity contribution in [2.24, 2.45) is 0 Å². The van der Waals surface area contributed by atoms with Gasteiger partial charge in [-0.15, -0.1) is 0 Å². The van der Waals surface area contributed by atoms with Crippen LogP contribution in [0.5, 0.6) is 0 Å². The molecule has 0 aliphatic rings. The minimum Gasteiger partial charge on any atom is -0.355 e. The monoisotopic (exact) mass is 273 g/mol. The van der Waals surface area contributed by atoms with Gasteiger partial charge in [-0.05, 0) is 26.3 Å². The molecule has 1 rings (SSSR count). The van der Waals surface area contributed by atoms with Gasteiger partial charge < -0.3 is 5.32 Å². The molecule has 0 fully saturated rings. The topological polar surface area (TPSA) is 46.9 Å². The number of hydrogen-bond donors (Lipinski definition) is 1. The maximum atomic E-state index is 11.4. The third kappa shape index (κ3) is 4.46. The molecule has 4 nitrogen and oxygen atoms in total. The highest BCUT2D eigenvalue weighted by Gasteiger charge is 2.22. The van der Waals surface area contributed by atoms with Crippen LogP contribution in [0.25, 0.3) is 0 Å². The average molecular weight is 274 g/mol. The van der Waals surface area contributed by atoms with Gasteiger partial charge in [-0.25, -0.2) is 0 Å². The van der Waals surface area contributed by atoms with Crippen LogP contribution in [0.15, 0.2) is 18.5 Å². The lowest BCUT2D eigenvalue weighted by molar-refractivity contribution is -0.122. The molecule has 0 radical (unpaired) electrons. The van der Waals surface area contributed by atoms with Crippen molar-refractivity contribution in [3.63, 3.8) is 0 Å². The summed E-state index contributed by atoms with van der Waals surface area (Å²) in [5, 5.41) is 6.93. The van der Waals surface area contributed by atoms with E-state index in [1.165, 1.54) is 0 Å². The average Bonchev–Trinajstić information content (AvgIpc) is 2.63. The number of nitrogens with one attached hydrogen (secondary N) is 1. The van der Waals surface area contributed by atoms with E-state index in [2.05, 4.69) is 26.3 Å². The minimum atomic E-state index is -0.487. The van der Waals surface area contributed by atoms with E-state index >= 15 is 0 Å². The summed E-state index contributed by atoms with van der Waals surface area (Å²) in [5.74, 6) is 0.0166. The van der Waals surface area contributed by atoms with E-state index in [4.69, 9.17) is 0 Å². The number of halogens is 1. The zero-order valence-corrected chi connectivity index (χ0v) is 10.6. The predicted molar refractivity (Wildman–Crippen MR) is 62.9 cm³/mol. The molecule has 0 saturated heterocycles. The molecule has 0 atom stereocenters. The van der Waals surface area contributed by atoms with Crippen LogP contribution in [0.2, 0.25) is 0 Å². The number of carbonyl (C=O) groups is 1. The van der Waals surface area contributed by atoms with Crippen molar-refractivity contribution < 1.29 is 4.79 Å². The molecule has 0 saturated carbocycles. The van der Waals surface area contributed by atoms with Gasteiger partial charge in [0, 0.05) is 25.5 Å². The Bertz CT molecular complexity index is 303. The Morgan fingerprint density at radius 2 is 2.33 bits per heavy atom. The van der Waals surface area contributed by atoms with Crippen LogP contribution in [0.1, 0.15) is 20.3 Å². The molecule has 84 valence electrons. The molecule has 1 aromatic rings. The normalized spacial score (nSPS) is 11.4. The fourth-order valence-electron chi connectivity index (χ4n) is 1.09. The van der Waals surface area contributed by atoms with E-state index in [9.17, 15) is 4.79 Å². The van der Waals surface area contributed by atoms with Crippen molar-refractivity contribution >= 4 is 21.8 Å². The Hall–Kier alpha value is -0.840. The fraction of sp³-hybridized carbons (Fsp3) is 0.600. The van der Waals surface area contributed by atoms with E-state index in [-0.39, 0.29) is 5.91 Å². The van der Waals surface area contributed by atoms with Gasteiger partial charge in [-0.3, -0.25) is 9.48 Å². The number of alkyl halides is 1. The number of amides is 1. The van der Waals surface area contributed by atoms with E-state index in [0.29, 0.717) is 6.54 Å². The SMILES string of the molecule is CC(C)(Br)C(=O)NCCCn1cccn1. The van der Waals surface area contributed by atoms with E-state index in [1.54, 1.807) is 6.20 Å². The number of aromatic nitrogens is 2. The molecular formula is C10H16BrN3O. The number of hydrogen-bond acceptors (Lipinski definition) is 2. The second kappa shape index (κ2) is 5.30. The van der Waals surface area contributed by atoms with Crippen LogP contribution >= 0.6 is 15.9 Å². The summed E-state index contributed by atoms with van der Waals surface area (Å²) in [5.41, 5.74) is 0. The highest BCUT2D eigenvalue weighted by atomic mass is 79.9. The summed E-state index contributed by atoms with van der Waals surface area (Å²) in [6.07, 6.45) is 4.55. The molecule has 0 aromatic carbocycles. The van der Waals surface area contributed by atoms with Crippen molar-refractivity contribution in [1.29, 1.82) is 0 Å². The highest BCUT2D eigenvalue weighted by molar-refractivity contribution is 9.10. The summed E-state index contributed by atoms with van der Waals surface area (Å²) in [6, 6.07) is 1.89. The molecule has 1 heterocycles. The van der Waals surface area contributed by atoms with Gasteiger partial charge in [-0.2, -0.15) is 5.10 Å². The summed E-state index contributed by atoms with van der Waals surface area (Å²) < 4.78 is 1.37. The van der Waals surface area contributed by atoms with Crippen LogP contribution in [0, 0.1) is 0 Å². The quantitative estimate of drug-likeness (QED) is 0.654. The Morgan fingerprint density at radius 1 is 1.60 bits per heavy atom. The first-order chi connectivity index (χ1) is 7.00. The molecule has 0 aliphatic carbocycles. The summed E-state index contributed by atoms with van der Waals surface area (Å²) in [7, 11) is 0. The number of aryl methyl sites for hydroxylation is 1. The summed E-state index contributed by atoms with van der Waals surface area (Å²) >= 11 is 3.31. The van der Waals surface area contributed by atoms with Gasteiger partial charge in [-0.1, -0.05) is 15.9 Å². The second-order valence-electron chi connectivity index (χ2n) is 3.85. The van der Waals surface area contributed by atoms with Crippen LogP contribution in [-0.2, 0) is 11.3 Å². The van der Waals surface area contributed by atoms with Crippen molar-refractivity contribution in [3.05, 3.63) is 18.5 Å². The maximum Gasteiger partial charge on any atom is 0.236 e. The maximum absolute atomic E-state index is 11.4. The van der Waals surface area contributed by atoms with Crippen molar-refractivity contribution in [3.8, 4) is 0 Å². The predicted octanol–water partition coefficient (Wildman–Crippen LogP) is 1.56. The van der Waals surface area contributed by atoms with Crippen LogP contribution < -0.4 is 5.32 Å². The lowest BCUT2D eigenvalue weighted by atomic mass is 10.2. The minimum absolute atomic E-state index is 0.0166. The third-order valence-electron chi connectivity index (χ3n) is 1.95. The third-order valence-corrected chi connectivity index (χ3v) is 2.31. The molecule has 1 N–H and O–H groups in total. The summed E-state index contributed by atoms with van der Waals surface area (Å²) in [6.45, 7) is 5.16. The smallest absolute Gasteiger partial charge is 0.236 e. The fourth-order valence-corrected chi connectivity index (χ4v) is 1.23. The first-order valence-electron chi connectivity index (χ1n) is 4.95. The van der Waals surface area contributed by atoms with E-state index in [0.717, 1.165) is 13.0 Å². The van der Waals surface area contributed by atoms with Gasteiger partial charge in [0.25, 0.3) is 0 Å². The lowest BCUT2D eigenvalue weighted by Crippen LogP contribution is -2.38. The molecule has 5 heteroatoms. The lowest BCUT2D eigenvalue weighted by Gasteiger charge is -2.15. The van der Waals surface area contributed by atoms with Crippen molar-refractivity contribution in [2.75, 3.05) is 6.54 Å². The van der Waals surface area contributed by atoms with Crippen molar-refractivity contribution in [1.82, 2.24) is 15.1 Å². The number of rotatable bonds is 5. The zero-order chi connectivity index (χ0) is 11.3.